The molecule has 5 heteroatoms. The second kappa shape index (κ2) is 6.65. The minimum absolute atomic E-state index is 0.151. The van der Waals surface area contributed by atoms with Gasteiger partial charge in [0.05, 0.1) is 5.69 Å². The molecule has 0 unspecified atom stereocenters. The van der Waals surface area contributed by atoms with Crippen LogP contribution in [0.3, 0.4) is 0 Å². The molecule has 1 amide bonds. The lowest BCUT2D eigenvalue weighted by molar-refractivity contribution is 0.102. The third-order valence-electron chi connectivity index (χ3n) is 3.98. The van der Waals surface area contributed by atoms with E-state index in [4.69, 9.17) is 11.6 Å². The second-order valence-electron chi connectivity index (χ2n) is 6.01. The summed E-state index contributed by atoms with van der Waals surface area (Å²) >= 11 is 5.99. The molecule has 3 aromatic rings. The molecule has 0 saturated carbocycles. The van der Waals surface area contributed by atoms with Gasteiger partial charge in [0.25, 0.3) is 5.91 Å². The van der Waals surface area contributed by atoms with E-state index >= 15 is 0 Å². The van der Waals surface area contributed by atoms with Gasteiger partial charge < -0.3 is 5.32 Å². The van der Waals surface area contributed by atoms with Gasteiger partial charge in [-0.15, -0.1) is 0 Å². The number of carbonyl (C=O) groups is 1. The molecular weight excluding hydrogens is 322 g/mol. The van der Waals surface area contributed by atoms with Crippen LogP contribution in [0.15, 0.2) is 36.5 Å². The Morgan fingerprint density at radius 3 is 2.75 bits per heavy atom. The standard InChI is InChI=1S/C19H20ClN3O/c1-4-5-16-18(23-11-12(2)6-9-17(23)21-16)19(24)22-15-8-7-14(20)10-13(15)3/h6-11H,4-5H2,1-3H3,(H,22,24). The normalized spacial score (nSPS) is 11.0. The van der Waals surface area contributed by atoms with Gasteiger partial charge in [-0.2, -0.15) is 0 Å². The summed E-state index contributed by atoms with van der Waals surface area (Å²) in [6.45, 7) is 6.01. The smallest absolute Gasteiger partial charge is 0.274 e. The van der Waals surface area contributed by atoms with E-state index in [2.05, 4.69) is 17.2 Å². The lowest BCUT2D eigenvalue weighted by Gasteiger charge is -2.10. The molecule has 124 valence electrons. The van der Waals surface area contributed by atoms with Crippen LogP contribution in [-0.2, 0) is 6.42 Å². The molecule has 0 saturated heterocycles. The highest BCUT2D eigenvalue weighted by atomic mass is 35.5. The van der Waals surface area contributed by atoms with Gasteiger partial charge in [0, 0.05) is 16.9 Å². The predicted molar refractivity (Wildman–Crippen MR) is 98.1 cm³/mol. The van der Waals surface area contributed by atoms with Gasteiger partial charge in [-0.25, -0.2) is 4.98 Å². The molecule has 0 radical (unpaired) electrons. The highest BCUT2D eigenvalue weighted by Gasteiger charge is 2.19. The number of halogens is 1. The molecule has 0 aliphatic carbocycles. The lowest BCUT2D eigenvalue weighted by Crippen LogP contribution is -2.17. The summed E-state index contributed by atoms with van der Waals surface area (Å²) in [4.78, 5) is 17.6. The molecule has 4 nitrogen and oxygen atoms in total. The van der Waals surface area contributed by atoms with E-state index in [1.807, 2.05) is 48.7 Å². The molecule has 2 heterocycles. The molecule has 2 aromatic heterocycles. The largest absolute Gasteiger partial charge is 0.320 e. The maximum Gasteiger partial charge on any atom is 0.274 e. The van der Waals surface area contributed by atoms with E-state index in [1.165, 1.54) is 0 Å². The van der Waals surface area contributed by atoms with Crippen LogP contribution in [0.1, 0.15) is 40.7 Å². The zero-order valence-corrected chi connectivity index (χ0v) is 14.8. The number of imidazole rings is 1. The number of nitrogens with one attached hydrogen (secondary N) is 1. The predicted octanol–water partition coefficient (Wildman–Crippen LogP) is 4.81. The molecule has 0 fully saturated rings. The van der Waals surface area contributed by atoms with E-state index in [-0.39, 0.29) is 5.91 Å². The van der Waals surface area contributed by atoms with Gasteiger partial charge in [0.15, 0.2) is 0 Å². The Hall–Kier alpha value is -2.33. The summed E-state index contributed by atoms with van der Waals surface area (Å²) < 4.78 is 1.88. The number of anilines is 1. The van der Waals surface area contributed by atoms with Crippen molar-refractivity contribution < 1.29 is 4.79 Å². The molecule has 0 atom stereocenters. The molecule has 0 aliphatic heterocycles. The Balaban J connectivity index is 2.04. The van der Waals surface area contributed by atoms with Crippen LogP contribution in [0.5, 0.6) is 0 Å². The van der Waals surface area contributed by atoms with Crippen LogP contribution >= 0.6 is 11.6 Å². The number of pyridine rings is 1. The zero-order chi connectivity index (χ0) is 17.3. The summed E-state index contributed by atoms with van der Waals surface area (Å²) in [5.74, 6) is -0.151. The maximum atomic E-state index is 12.9. The summed E-state index contributed by atoms with van der Waals surface area (Å²) in [5, 5.41) is 3.65. The van der Waals surface area contributed by atoms with Gasteiger partial charge in [0.2, 0.25) is 0 Å². The quantitative estimate of drug-likeness (QED) is 0.740. The maximum absolute atomic E-state index is 12.9. The molecule has 0 aliphatic rings. The molecule has 0 spiro atoms. The number of rotatable bonds is 4. The van der Waals surface area contributed by atoms with Crippen LogP contribution < -0.4 is 5.32 Å². The van der Waals surface area contributed by atoms with Crippen molar-refractivity contribution in [3.8, 4) is 0 Å². The summed E-state index contributed by atoms with van der Waals surface area (Å²) in [5.41, 5.74) is 4.99. The number of hydrogen-bond acceptors (Lipinski definition) is 2. The third-order valence-corrected chi connectivity index (χ3v) is 4.21. The van der Waals surface area contributed by atoms with Gasteiger partial charge in [0.1, 0.15) is 11.3 Å². The summed E-state index contributed by atoms with van der Waals surface area (Å²) in [6.07, 6.45) is 3.65. The van der Waals surface area contributed by atoms with Gasteiger partial charge in [-0.05, 0) is 55.7 Å². The van der Waals surface area contributed by atoms with E-state index in [1.54, 1.807) is 6.07 Å². The van der Waals surface area contributed by atoms with Crippen LogP contribution in [0.25, 0.3) is 5.65 Å². The van der Waals surface area contributed by atoms with Crippen LogP contribution in [-0.4, -0.2) is 15.3 Å². The van der Waals surface area contributed by atoms with Gasteiger partial charge >= 0.3 is 0 Å². The third kappa shape index (κ3) is 3.15. The Morgan fingerprint density at radius 1 is 1.25 bits per heavy atom. The van der Waals surface area contributed by atoms with Crippen molar-refractivity contribution in [1.29, 1.82) is 0 Å². The van der Waals surface area contributed by atoms with Crippen molar-refractivity contribution >= 4 is 28.8 Å². The molecule has 1 aromatic carbocycles. The number of fused-ring (bicyclic) bond motifs is 1. The first-order valence-corrected chi connectivity index (χ1v) is 8.42. The van der Waals surface area contributed by atoms with E-state index in [0.717, 1.165) is 41.0 Å². The average Bonchev–Trinajstić information content (AvgIpc) is 2.87. The Labute approximate surface area is 146 Å². The Bertz CT molecular complexity index is 914. The molecule has 1 N–H and O–H groups in total. The molecule has 24 heavy (non-hydrogen) atoms. The second-order valence-corrected chi connectivity index (χ2v) is 6.44. The number of carbonyl (C=O) groups excluding carboxylic acids is 1. The number of nitrogens with zero attached hydrogens (tertiary/aromatic N) is 2. The van der Waals surface area contributed by atoms with Crippen molar-refractivity contribution in [3.63, 3.8) is 0 Å². The first-order valence-electron chi connectivity index (χ1n) is 8.04. The van der Waals surface area contributed by atoms with Gasteiger partial charge in [-0.1, -0.05) is 31.0 Å². The van der Waals surface area contributed by atoms with E-state index in [0.29, 0.717) is 10.7 Å². The highest BCUT2D eigenvalue weighted by molar-refractivity contribution is 6.30. The van der Waals surface area contributed by atoms with Crippen molar-refractivity contribution in [2.45, 2.75) is 33.6 Å². The van der Waals surface area contributed by atoms with Crippen molar-refractivity contribution in [1.82, 2.24) is 9.38 Å². The molecule has 0 bridgehead atoms. The first kappa shape index (κ1) is 16.5. The fourth-order valence-corrected chi connectivity index (χ4v) is 3.03. The fourth-order valence-electron chi connectivity index (χ4n) is 2.80. The number of benzene rings is 1. The van der Waals surface area contributed by atoms with E-state index in [9.17, 15) is 4.79 Å². The molecule has 3 rings (SSSR count). The number of aryl methyl sites for hydroxylation is 3. The summed E-state index contributed by atoms with van der Waals surface area (Å²) in [6, 6.07) is 9.38. The number of hydrogen-bond donors (Lipinski definition) is 1. The Kier molecular flexibility index (Phi) is 4.58. The Morgan fingerprint density at radius 2 is 2.04 bits per heavy atom. The van der Waals surface area contributed by atoms with Crippen LogP contribution in [0.2, 0.25) is 5.02 Å². The molecular formula is C19H20ClN3O. The monoisotopic (exact) mass is 341 g/mol. The van der Waals surface area contributed by atoms with E-state index < -0.39 is 0 Å². The van der Waals surface area contributed by atoms with Crippen LogP contribution in [0.4, 0.5) is 5.69 Å². The lowest BCUT2D eigenvalue weighted by atomic mass is 10.1. The van der Waals surface area contributed by atoms with Crippen molar-refractivity contribution in [2.24, 2.45) is 0 Å². The number of aromatic nitrogens is 2. The highest BCUT2D eigenvalue weighted by Crippen LogP contribution is 2.22. The van der Waals surface area contributed by atoms with Crippen molar-refractivity contribution in [2.75, 3.05) is 5.32 Å². The van der Waals surface area contributed by atoms with Crippen LogP contribution in [0, 0.1) is 13.8 Å². The van der Waals surface area contributed by atoms with Gasteiger partial charge in [-0.3, -0.25) is 9.20 Å². The summed E-state index contributed by atoms with van der Waals surface area (Å²) in [7, 11) is 0. The SMILES string of the molecule is CCCc1nc2ccc(C)cn2c1C(=O)Nc1ccc(Cl)cc1C. The van der Waals surface area contributed by atoms with Crippen molar-refractivity contribution in [3.05, 3.63) is 64.1 Å². The topological polar surface area (TPSA) is 46.4 Å². The average molecular weight is 342 g/mol. The number of amides is 1. The zero-order valence-electron chi connectivity index (χ0n) is 14.1. The first-order chi connectivity index (χ1) is 11.5. The minimum atomic E-state index is -0.151. The fraction of sp³-hybridized carbons (Fsp3) is 0.263. The minimum Gasteiger partial charge on any atom is -0.320 e.